The summed E-state index contributed by atoms with van der Waals surface area (Å²) < 4.78 is 28.2. The third kappa shape index (κ3) is 4.37. The smallest absolute Gasteiger partial charge is 0.263 e. The Kier molecular flexibility index (Phi) is 5.48. The van der Waals surface area contributed by atoms with Crippen LogP contribution in [0.2, 0.25) is 5.02 Å². The molecule has 2 N–H and O–H groups in total. The minimum Gasteiger partial charge on any atom is -0.393 e. The van der Waals surface area contributed by atoms with Crippen molar-refractivity contribution in [1.82, 2.24) is 9.88 Å². The van der Waals surface area contributed by atoms with E-state index in [9.17, 15) is 18.3 Å². The second kappa shape index (κ2) is 7.91. The first-order valence-corrected chi connectivity index (χ1v) is 11.7. The van der Waals surface area contributed by atoms with E-state index in [-0.39, 0.29) is 22.0 Å². The van der Waals surface area contributed by atoms with E-state index in [0.717, 1.165) is 11.3 Å². The number of benzene rings is 2. The summed E-state index contributed by atoms with van der Waals surface area (Å²) in [6.07, 6.45) is 0.801. The van der Waals surface area contributed by atoms with Crippen LogP contribution in [0, 0.1) is 0 Å². The van der Waals surface area contributed by atoms with E-state index in [0.29, 0.717) is 46.7 Å². The monoisotopic (exact) mass is 451 g/mol. The SMILES string of the molecule is O=C(c1ccc2nc(NS(=O)(=O)c3ccc(Cl)cc3)sc2c1)N1CCC(O)CC1. The maximum atomic E-state index is 12.7. The lowest BCUT2D eigenvalue weighted by molar-refractivity contribution is 0.0546. The van der Waals surface area contributed by atoms with Crippen molar-refractivity contribution in [2.75, 3.05) is 17.8 Å². The molecule has 1 fully saturated rings. The highest BCUT2D eigenvalue weighted by Gasteiger charge is 2.23. The molecule has 0 unspecified atom stereocenters. The third-order valence-corrected chi connectivity index (χ3v) is 7.40. The first-order valence-electron chi connectivity index (χ1n) is 8.98. The zero-order valence-corrected chi connectivity index (χ0v) is 17.6. The number of hydrogen-bond acceptors (Lipinski definition) is 6. The molecule has 29 heavy (non-hydrogen) atoms. The second-order valence-corrected chi connectivity index (χ2v) is 9.93. The molecule has 0 bridgehead atoms. The van der Waals surface area contributed by atoms with E-state index in [1.807, 2.05) is 0 Å². The van der Waals surface area contributed by atoms with Crippen LogP contribution in [0.25, 0.3) is 10.2 Å². The summed E-state index contributed by atoms with van der Waals surface area (Å²) in [5, 5.41) is 10.3. The number of thiazole rings is 1. The van der Waals surface area contributed by atoms with Crippen molar-refractivity contribution < 1.29 is 18.3 Å². The molecule has 0 radical (unpaired) electrons. The molecule has 4 rings (SSSR count). The van der Waals surface area contributed by atoms with E-state index in [1.165, 1.54) is 24.3 Å². The summed E-state index contributed by atoms with van der Waals surface area (Å²) in [6, 6.07) is 11.0. The number of aliphatic hydroxyl groups excluding tert-OH is 1. The molecule has 2 heterocycles. The third-order valence-electron chi connectivity index (χ3n) is 4.73. The molecule has 152 valence electrons. The Balaban J connectivity index is 1.55. The summed E-state index contributed by atoms with van der Waals surface area (Å²) in [6.45, 7) is 1.04. The normalized spacial score (nSPS) is 15.6. The van der Waals surface area contributed by atoms with E-state index in [1.54, 1.807) is 23.1 Å². The number of anilines is 1. The van der Waals surface area contributed by atoms with Gasteiger partial charge < -0.3 is 10.0 Å². The molecule has 0 aliphatic carbocycles. The average molecular weight is 452 g/mol. The van der Waals surface area contributed by atoms with Gasteiger partial charge in [0.15, 0.2) is 5.13 Å². The van der Waals surface area contributed by atoms with Gasteiger partial charge in [0.1, 0.15) is 0 Å². The standard InChI is InChI=1S/C19H18ClN3O4S2/c20-13-2-4-15(5-3-13)29(26,27)22-19-21-16-6-1-12(11-17(16)28-19)18(25)23-9-7-14(24)8-10-23/h1-6,11,14,24H,7-10H2,(H,21,22). The number of carbonyl (C=O) groups is 1. The number of amides is 1. The van der Waals surface area contributed by atoms with E-state index >= 15 is 0 Å². The Morgan fingerprint density at radius 2 is 1.86 bits per heavy atom. The molecular weight excluding hydrogens is 434 g/mol. The van der Waals surface area contributed by atoms with Crippen LogP contribution in [0.15, 0.2) is 47.4 Å². The van der Waals surface area contributed by atoms with Crippen molar-refractivity contribution in [3.63, 3.8) is 0 Å². The molecule has 1 amide bonds. The Morgan fingerprint density at radius 3 is 2.55 bits per heavy atom. The number of aliphatic hydroxyl groups is 1. The van der Waals surface area contributed by atoms with Gasteiger partial charge in [-0.2, -0.15) is 0 Å². The number of hydrogen-bond donors (Lipinski definition) is 2. The Labute approximate surface area is 177 Å². The highest BCUT2D eigenvalue weighted by atomic mass is 35.5. The van der Waals surface area contributed by atoms with Crippen molar-refractivity contribution in [3.8, 4) is 0 Å². The molecule has 1 aliphatic heterocycles. The number of nitrogens with zero attached hydrogens (tertiary/aromatic N) is 2. The number of aromatic nitrogens is 1. The maximum Gasteiger partial charge on any atom is 0.263 e. The van der Waals surface area contributed by atoms with Crippen LogP contribution in [-0.2, 0) is 10.0 Å². The zero-order valence-electron chi connectivity index (χ0n) is 15.2. The van der Waals surface area contributed by atoms with Gasteiger partial charge in [-0.05, 0) is 55.3 Å². The number of likely N-dealkylation sites (tertiary alicyclic amines) is 1. The van der Waals surface area contributed by atoms with Gasteiger partial charge in [0.2, 0.25) is 0 Å². The largest absolute Gasteiger partial charge is 0.393 e. The maximum absolute atomic E-state index is 12.7. The molecule has 10 heteroatoms. The van der Waals surface area contributed by atoms with Crippen molar-refractivity contribution in [2.24, 2.45) is 0 Å². The van der Waals surface area contributed by atoms with Crippen LogP contribution in [0.1, 0.15) is 23.2 Å². The van der Waals surface area contributed by atoms with Gasteiger partial charge in [-0.1, -0.05) is 22.9 Å². The van der Waals surface area contributed by atoms with Crippen molar-refractivity contribution in [2.45, 2.75) is 23.8 Å². The number of sulfonamides is 1. The molecule has 7 nitrogen and oxygen atoms in total. The fraction of sp³-hybridized carbons (Fsp3) is 0.263. The van der Waals surface area contributed by atoms with Crippen molar-refractivity contribution >= 4 is 54.2 Å². The van der Waals surface area contributed by atoms with Gasteiger partial charge in [0.25, 0.3) is 15.9 Å². The van der Waals surface area contributed by atoms with Gasteiger partial charge in [-0.25, -0.2) is 13.4 Å². The second-order valence-electron chi connectivity index (χ2n) is 6.78. The number of nitrogens with one attached hydrogen (secondary N) is 1. The lowest BCUT2D eigenvalue weighted by atomic mass is 10.1. The van der Waals surface area contributed by atoms with E-state index in [4.69, 9.17) is 11.6 Å². The summed E-state index contributed by atoms with van der Waals surface area (Å²) >= 11 is 6.97. The minimum atomic E-state index is -3.79. The van der Waals surface area contributed by atoms with Gasteiger partial charge in [0.05, 0.1) is 21.2 Å². The topological polar surface area (TPSA) is 99.6 Å². The Bertz CT molecular complexity index is 1150. The molecule has 1 aliphatic rings. The first kappa shape index (κ1) is 20.1. The van der Waals surface area contributed by atoms with Crippen LogP contribution < -0.4 is 4.72 Å². The molecule has 0 spiro atoms. The molecule has 1 aromatic heterocycles. The Hall–Kier alpha value is -2.20. The van der Waals surface area contributed by atoms with Gasteiger partial charge >= 0.3 is 0 Å². The number of fused-ring (bicyclic) bond motifs is 1. The average Bonchev–Trinajstić information content (AvgIpc) is 3.09. The fourth-order valence-corrected chi connectivity index (χ4v) is 5.41. The number of carbonyl (C=O) groups excluding carboxylic acids is 1. The molecule has 3 aromatic rings. The van der Waals surface area contributed by atoms with Gasteiger partial charge in [-0.3, -0.25) is 9.52 Å². The van der Waals surface area contributed by atoms with Gasteiger partial charge in [0, 0.05) is 23.7 Å². The molecule has 0 atom stereocenters. The predicted octanol–water partition coefficient (Wildman–Crippen LogP) is 3.35. The van der Waals surface area contributed by atoms with Crippen LogP contribution in [0.3, 0.4) is 0 Å². The summed E-state index contributed by atoms with van der Waals surface area (Å²) in [5.74, 6) is -0.101. The molecule has 2 aromatic carbocycles. The summed E-state index contributed by atoms with van der Waals surface area (Å²) in [7, 11) is -3.79. The first-order chi connectivity index (χ1) is 13.8. The minimum absolute atomic E-state index is 0.0873. The lowest BCUT2D eigenvalue weighted by Crippen LogP contribution is -2.40. The highest BCUT2D eigenvalue weighted by molar-refractivity contribution is 7.93. The fourth-order valence-electron chi connectivity index (χ4n) is 3.14. The Morgan fingerprint density at radius 1 is 1.17 bits per heavy atom. The summed E-state index contributed by atoms with van der Waals surface area (Å²) in [5.41, 5.74) is 1.12. The van der Waals surface area contributed by atoms with Crippen LogP contribution in [0.5, 0.6) is 0 Å². The van der Waals surface area contributed by atoms with Crippen molar-refractivity contribution in [3.05, 3.63) is 53.1 Å². The molecular formula is C19H18ClN3O4S2. The quantitative estimate of drug-likeness (QED) is 0.633. The lowest BCUT2D eigenvalue weighted by Gasteiger charge is -2.29. The van der Waals surface area contributed by atoms with Crippen molar-refractivity contribution in [1.29, 1.82) is 0 Å². The summed E-state index contributed by atoms with van der Waals surface area (Å²) in [4.78, 5) is 18.8. The van der Waals surface area contributed by atoms with Crippen LogP contribution in [-0.4, -0.2) is 48.5 Å². The number of piperidine rings is 1. The van der Waals surface area contributed by atoms with E-state index < -0.39 is 10.0 Å². The van der Waals surface area contributed by atoms with Crippen LogP contribution >= 0.6 is 22.9 Å². The number of rotatable bonds is 4. The number of halogens is 1. The van der Waals surface area contributed by atoms with Gasteiger partial charge in [-0.15, -0.1) is 0 Å². The predicted molar refractivity (Wildman–Crippen MR) is 113 cm³/mol. The molecule has 0 saturated carbocycles. The molecule has 1 saturated heterocycles. The van der Waals surface area contributed by atoms with E-state index in [2.05, 4.69) is 9.71 Å². The zero-order chi connectivity index (χ0) is 20.6. The highest BCUT2D eigenvalue weighted by Crippen LogP contribution is 2.29. The van der Waals surface area contributed by atoms with Crippen LogP contribution in [0.4, 0.5) is 5.13 Å².